The Bertz CT molecular complexity index is 315. The molecule has 0 bridgehead atoms. The van der Waals surface area contributed by atoms with Crippen LogP contribution in [0.1, 0.15) is 23.4 Å². The topological polar surface area (TPSA) is 42.3 Å². The average Bonchev–Trinajstić information content (AvgIpc) is 2.47. The quantitative estimate of drug-likeness (QED) is 0.490. The minimum atomic E-state index is 0.567. The Balaban J connectivity index is 2.37. The van der Waals surface area contributed by atoms with Gasteiger partial charge in [-0.25, -0.2) is 9.78 Å². The lowest BCUT2D eigenvalue weighted by molar-refractivity contribution is 0.565. The average molecular weight is 180 g/mol. The molecule has 0 aromatic carbocycles. The maximum absolute atomic E-state index is 9.96. The summed E-state index contributed by atoms with van der Waals surface area (Å²) in [6.07, 6.45) is 6.10. The van der Waals surface area contributed by atoms with E-state index < -0.39 is 0 Å². The number of aromatic nitrogens is 1. The van der Waals surface area contributed by atoms with E-state index in [4.69, 9.17) is 0 Å². The summed E-state index contributed by atoms with van der Waals surface area (Å²) < 4.78 is 0. The predicted octanol–water partition coefficient (Wildman–Crippen LogP) is 1.99. The van der Waals surface area contributed by atoms with Crippen LogP contribution in [0.15, 0.2) is 4.99 Å². The lowest BCUT2D eigenvalue weighted by Gasteiger charge is -2.06. The van der Waals surface area contributed by atoms with Crippen molar-refractivity contribution in [2.45, 2.75) is 25.7 Å². The van der Waals surface area contributed by atoms with Gasteiger partial charge in [0, 0.05) is 4.88 Å². The molecule has 0 unspecified atom stereocenters. The summed E-state index contributed by atoms with van der Waals surface area (Å²) >= 11 is 1.52. The number of aliphatic imine (C=N–C) groups is 1. The lowest BCUT2D eigenvalue weighted by atomic mass is 10.0. The Morgan fingerprint density at radius 2 is 2.25 bits per heavy atom. The molecular formula is C8H8N2OS. The largest absolute Gasteiger partial charge is 0.242 e. The second-order valence-electron chi connectivity index (χ2n) is 2.78. The zero-order chi connectivity index (χ0) is 8.39. The third kappa shape index (κ3) is 1.31. The summed E-state index contributed by atoms with van der Waals surface area (Å²) in [6, 6.07) is 0. The highest BCUT2D eigenvalue weighted by Gasteiger charge is 2.14. The van der Waals surface area contributed by atoms with E-state index in [1.807, 2.05) is 0 Å². The van der Waals surface area contributed by atoms with E-state index >= 15 is 0 Å². The van der Waals surface area contributed by atoms with Gasteiger partial charge in [-0.2, -0.15) is 0 Å². The van der Waals surface area contributed by atoms with Gasteiger partial charge in [0.1, 0.15) is 0 Å². The molecule has 1 heterocycles. The van der Waals surface area contributed by atoms with Crippen molar-refractivity contribution in [1.29, 1.82) is 0 Å². The monoisotopic (exact) mass is 180 g/mol. The molecule has 1 aliphatic carbocycles. The van der Waals surface area contributed by atoms with Crippen LogP contribution in [0.5, 0.6) is 0 Å². The molecule has 1 aliphatic rings. The van der Waals surface area contributed by atoms with Crippen molar-refractivity contribution in [3.05, 3.63) is 10.6 Å². The summed E-state index contributed by atoms with van der Waals surface area (Å²) in [6.45, 7) is 0. The number of fused-ring (bicyclic) bond motifs is 1. The number of isocyanates is 1. The SMILES string of the molecule is O=C=Nc1nc2c(s1)CCCC2. The van der Waals surface area contributed by atoms with Gasteiger partial charge in [-0.15, -0.1) is 4.99 Å². The van der Waals surface area contributed by atoms with E-state index in [0.29, 0.717) is 5.13 Å². The fourth-order valence-electron chi connectivity index (χ4n) is 1.43. The van der Waals surface area contributed by atoms with Crippen LogP contribution in [-0.4, -0.2) is 11.1 Å². The first kappa shape index (κ1) is 7.65. The molecular weight excluding hydrogens is 172 g/mol. The highest BCUT2D eigenvalue weighted by Crippen LogP contribution is 2.30. The highest BCUT2D eigenvalue weighted by molar-refractivity contribution is 7.15. The molecule has 0 N–H and O–H groups in total. The molecule has 0 saturated carbocycles. The second kappa shape index (κ2) is 3.17. The van der Waals surface area contributed by atoms with E-state index in [0.717, 1.165) is 18.5 Å². The molecule has 0 amide bonds. The molecule has 0 radical (unpaired) electrons. The van der Waals surface area contributed by atoms with E-state index in [1.54, 1.807) is 0 Å². The lowest BCUT2D eigenvalue weighted by Crippen LogP contribution is -1.98. The summed E-state index contributed by atoms with van der Waals surface area (Å²) in [5.41, 5.74) is 1.14. The van der Waals surface area contributed by atoms with Gasteiger partial charge in [0.2, 0.25) is 11.2 Å². The van der Waals surface area contributed by atoms with Crippen molar-refractivity contribution in [2.24, 2.45) is 4.99 Å². The van der Waals surface area contributed by atoms with Crippen LogP contribution in [-0.2, 0) is 17.6 Å². The van der Waals surface area contributed by atoms with Crippen molar-refractivity contribution >= 4 is 22.5 Å². The first-order valence-corrected chi connectivity index (χ1v) is 4.78. The molecule has 2 rings (SSSR count). The van der Waals surface area contributed by atoms with Gasteiger partial charge in [0.15, 0.2) is 0 Å². The smallest absolute Gasteiger partial charge is 0.222 e. The van der Waals surface area contributed by atoms with Crippen LogP contribution in [0, 0.1) is 0 Å². The van der Waals surface area contributed by atoms with Crippen LogP contribution < -0.4 is 0 Å². The van der Waals surface area contributed by atoms with Crippen molar-refractivity contribution in [2.75, 3.05) is 0 Å². The van der Waals surface area contributed by atoms with Crippen molar-refractivity contribution < 1.29 is 4.79 Å². The van der Waals surface area contributed by atoms with Crippen LogP contribution >= 0.6 is 11.3 Å². The maximum Gasteiger partial charge on any atom is 0.242 e. The van der Waals surface area contributed by atoms with E-state index in [9.17, 15) is 4.79 Å². The summed E-state index contributed by atoms with van der Waals surface area (Å²) in [5, 5.41) is 0.567. The van der Waals surface area contributed by atoms with Crippen LogP contribution in [0.25, 0.3) is 0 Å². The van der Waals surface area contributed by atoms with Gasteiger partial charge in [0.25, 0.3) is 0 Å². The maximum atomic E-state index is 9.96. The predicted molar refractivity (Wildman–Crippen MR) is 46.5 cm³/mol. The number of carbonyl (C=O) groups excluding carboxylic acids is 1. The molecule has 0 fully saturated rings. The minimum absolute atomic E-state index is 0.567. The molecule has 0 spiro atoms. The van der Waals surface area contributed by atoms with Crippen molar-refractivity contribution in [3.8, 4) is 0 Å². The number of aryl methyl sites for hydroxylation is 2. The Morgan fingerprint density at radius 1 is 1.42 bits per heavy atom. The molecule has 3 nitrogen and oxygen atoms in total. The Hall–Kier alpha value is -0.990. The summed E-state index contributed by atoms with van der Waals surface area (Å²) in [7, 11) is 0. The molecule has 1 aromatic rings. The fraction of sp³-hybridized carbons (Fsp3) is 0.500. The van der Waals surface area contributed by atoms with E-state index in [2.05, 4.69) is 9.98 Å². The molecule has 0 aliphatic heterocycles. The van der Waals surface area contributed by atoms with Gasteiger partial charge >= 0.3 is 0 Å². The van der Waals surface area contributed by atoms with Gasteiger partial charge in [0.05, 0.1) is 5.69 Å². The first-order valence-electron chi connectivity index (χ1n) is 3.96. The van der Waals surface area contributed by atoms with Crippen molar-refractivity contribution in [3.63, 3.8) is 0 Å². The normalized spacial score (nSPS) is 15.0. The molecule has 12 heavy (non-hydrogen) atoms. The summed E-state index contributed by atoms with van der Waals surface area (Å²) in [4.78, 5) is 19.0. The number of hydrogen-bond donors (Lipinski definition) is 0. The Labute approximate surface area is 74.2 Å². The summed E-state index contributed by atoms with van der Waals surface area (Å²) in [5.74, 6) is 0. The Morgan fingerprint density at radius 3 is 3.00 bits per heavy atom. The van der Waals surface area contributed by atoms with Crippen LogP contribution in [0.4, 0.5) is 5.13 Å². The highest BCUT2D eigenvalue weighted by atomic mass is 32.1. The van der Waals surface area contributed by atoms with Crippen LogP contribution in [0.3, 0.4) is 0 Å². The molecule has 0 saturated heterocycles. The second-order valence-corrected chi connectivity index (χ2v) is 3.84. The minimum Gasteiger partial charge on any atom is -0.222 e. The molecule has 1 aromatic heterocycles. The van der Waals surface area contributed by atoms with Gasteiger partial charge in [-0.1, -0.05) is 11.3 Å². The molecule has 4 heteroatoms. The zero-order valence-corrected chi connectivity index (χ0v) is 7.36. The number of hydrogen-bond acceptors (Lipinski definition) is 4. The first-order chi connectivity index (χ1) is 5.90. The number of nitrogens with zero attached hydrogens (tertiary/aromatic N) is 2. The van der Waals surface area contributed by atoms with Crippen molar-refractivity contribution in [1.82, 2.24) is 4.98 Å². The van der Waals surface area contributed by atoms with Crippen LogP contribution in [0.2, 0.25) is 0 Å². The van der Waals surface area contributed by atoms with Gasteiger partial charge in [-0.3, -0.25) is 0 Å². The Kier molecular flexibility index (Phi) is 2.02. The zero-order valence-electron chi connectivity index (χ0n) is 6.54. The number of thiazole rings is 1. The fourth-order valence-corrected chi connectivity index (χ4v) is 2.40. The van der Waals surface area contributed by atoms with Gasteiger partial charge in [-0.05, 0) is 25.7 Å². The third-order valence-corrected chi connectivity index (χ3v) is 3.03. The number of rotatable bonds is 1. The van der Waals surface area contributed by atoms with E-state index in [1.165, 1.54) is 35.1 Å². The third-order valence-electron chi connectivity index (χ3n) is 1.98. The van der Waals surface area contributed by atoms with E-state index in [-0.39, 0.29) is 0 Å². The molecule has 62 valence electrons. The standard InChI is InChI=1S/C8H8N2OS/c11-5-9-8-10-6-3-1-2-4-7(6)12-8/h1-4H2. The van der Waals surface area contributed by atoms with Gasteiger partial charge < -0.3 is 0 Å². The molecule has 0 atom stereocenters.